The Hall–Kier alpha value is -4.10. The van der Waals surface area contributed by atoms with Gasteiger partial charge in [0.1, 0.15) is 5.56 Å². The average Bonchev–Trinajstić information content (AvgIpc) is 3.30. The fourth-order valence-electron chi connectivity index (χ4n) is 4.30. The number of nitrogens with zero attached hydrogens (tertiary/aromatic N) is 4. The molecule has 204 valence electrons. The van der Waals surface area contributed by atoms with Crippen molar-refractivity contribution in [2.75, 3.05) is 12.4 Å². The summed E-state index contributed by atoms with van der Waals surface area (Å²) in [5.41, 5.74) is 1.97. The molecule has 1 aliphatic rings. The second kappa shape index (κ2) is 10.6. The molecule has 0 unspecified atom stereocenters. The summed E-state index contributed by atoms with van der Waals surface area (Å²) >= 11 is 0. The van der Waals surface area contributed by atoms with Crippen molar-refractivity contribution in [1.29, 1.82) is 0 Å². The molecule has 0 spiro atoms. The van der Waals surface area contributed by atoms with Gasteiger partial charge in [-0.05, 0) is 44.9 Å². The van der Waals surface area contributed by atoms with E-state index >= 15 is 0 Å². The van der Waals surface area contributed by atoms with E-state index in [4.69, 9.17) is 8.92 Å². The molecule has 1 aromatic carbocycles. The smallest absolute Gasteiger partial charge is 0.297 e. The Morgan fingerprint density at radius 1 is 1.21 bits per heavy atom. The highest BCUT2D eigenvalue weighted by Gasteiger charge is 2.36. The van der Waals surface area contributed by atoms with Crippen LogP contribution in [0.3, 0.4) is 0 Å². The number of pyridine rings is 1. The van der Waals surface area contributed by atoms with E-state index < -0.39 is 34.0 Å². The highest BCUT2D eigenvalue weighted by Crippen LogP contribution is 2.29. The van der Waals surface area contributed by atoms with Gasteiger partial charge in [-0.1, -0.05) is 23.8 Å². The van der Waals surface area contributed by atoms with E-state index in [-0.39, 0.29) is 28.0 Å². The fraction of sp³-hybridized carbons (Fsp3) is 0.308. The first-order valence-electron chi connectivity index (χ1n) is 12.2. The van der Waals surface area contributed by atoms with Gasteiger partial charge in [-0.3, -0.25) is 8.98 Å². The first-order valence-corrected chi connectivity index (χ1v) is 13.7. The predicted octanol–water partition coefficient (Wildman–Crippen LogP) is 3.42. The molecular weight excluding hydrogens is 527 g/mol. The molecule has 0 radical (unpaired) electrons. The van der Waals surface area contributed by atoms with E-state index in [9.17, 15) is 17.6 Å². The molecule has 5 rings (SSSR count). The van der Waals surface area contributed by atoms with E-state index in [2.05, 4.69) is 25.7 Å². The summed E-state index contributed by atoms with van der Waals surface area (Å²) in [6.45, 7) is 3.67. The second-order valence-corrected chi connectivity index (χ2v) is 10.9. The molecule has 2 N–H and O–H groups in total. The van der Waals surface area contributed by atoms with Gasteiger partial charge in [0.15, 0.2) is 17.3 Å². The van der Waals surface area contributed by atoms with E-state index in [1.165, 1.54) is 30.0 Å². The van der Waals surface area contributed by atoms with E-state index in [1.807, 2.05) is 13.8 Å². The van der Waals surface area contributed by atoms with Crippen molar-refractivity contribution in [2.24, 2.45) is 0 Å². The lowest BCUT2D eigenvalue weighted by molar-refractivity contribution is 0.0733. The maximum Gasteiger partial charge on any atom is 0.297 e. The van der Waals surface area contributed by atoms with Gasteiger partial charge >= 0.3 is 0 Å². The standard InChI is InChI=1S/C26H27FN6O5S/c1-15-6-8-19(9-7-15)39(35,36)38-18-11-17(12-18)31-25(34)21-13-29-33-14-22(27)23(32-24(21)33)30-16(2)20-5-4-10-28-26(20)37-3/h4-10,13-14,16-18H,11-12H2,1-3H3,(H,30,32)(H,31,34)/t16-,17?,18?/m1/s1. The summed E-state index contributed by atoms with van der Waals surface area (Å²) in [6, 6.07) is 9.26. The van der Waals surface area contributed by atoms with Crippen molar-refractivity contribution in [3.8, 4) is 5.88 Å². The number of hydrogen-bond donors (Lipinski definition) is 2. The SMILES string of the molecule is COc1ncccc1[C@@H](C)Nc1nc2c(C(=O)NC3CC(OS(=O)(=O)c4ccc(C)cc4)C3)cnn2cc1F. The molecule has 1 fully saturated rings. The van der Waals surface area contributed by atoms with Crippen LogP contribution in [0.2, 0.25) is 0 Å². The number of halogens is 1. The van der Waals surface area contributed by atoms with Crippen LogP contribution in [0.25, 0.3) is 5.65 Å². The third-order valence-corrected chi connectivity index (χ3v) is 7.88. The number of nitrogens with one attached hydrogen (secondary N) is 2. The number of amides is 1. The van der Waals surface area contributed by atoms with Gasteiger partial charge in [0.2, 0.25) is 5.88 Å². The minimum Gasteiger partial charge on any atom is -0.481 e. The van der Waals surface area contributed by atoms with Gasteiger partial charge in [0.25, 0.3) is 16.0 Å². The summed E-state index contributed by atoms with van der Waals surface area (Å²) in [5, 5.41) is 9.90. The van der Waals surface area contributed by atoms with Crippen molar-refractivity contribution in [1.82, 2.24) is 24.9 Å². The summed E-state index contributed by atoms with van der Waals surface area (Å²) in [5.74, 6) is -0.769. The monoisotopic (exact) mass is 554 g/mol. The van der Waals surface area contributed by atoms with Crippen molar-refractivity contribution in [2.45, 2.75) is 49.8 Å². The zero-order valence-corrected chi connectivity index (χ0v) is 22.3. The highest BCUT2D eigenvalue weighted by atomic mass is 32.2. The third kappa shape index (κ3) is 5.54. The van der Waals surface area contributed by atoms with Gasteiger partial charge in [-0.15, -0.1) is 0 Å². The van der Waals surface area contributed by atoms with Crippen LogP contribution in [-0.2, 0) is 14.3 Å². The summed E-state index contributed by atoms with van der Waals surface area (Å²) in [7, 11) is -2.39. The molecule has 1 aliphatic carbocycles. The lowest BCUT2D eigenvalue weighted by Crippen LogP contribution is -2.48. The Bertz CT molecular complexity index is 1620. The van der Waals surface area contributed by atoms with Gasteiger partial charge in [-0.25, -0.2) is 18.9 Å². The van der Waals surface area contributed by atoms with E-state index in [0.717, 1.165) is 11.8 Å². The number of aryl methyl sites for hydroxylation is 1. The molecular formula is C26H27FN6O5S. The van der Waals surface area contributed by atoms with Gasteiger partial charge in [-0.2, -0.15) is 13.5 Å². The maximum atomic E-state index is 14.8. The van der Waals surface area contributed by atoms with Crippen LogP contribution in [0, 0.1) is 12.7 Å². The minimum atomic E-state index is -3.89. The molecule has 39 heavy (non-hydrogen) atoms. The largest absolute Gasteiger partial charge is 0.481 e. The first-order chi connectivity index (χ1) is 18.6. The second-order valence-electron chi connectivity index (χ2n) is 9.36. The Balaban J connectivity index is 1.24. The van der Waals surface area contributed by atoms with E-state index in [0.29, 0.717) is 24.3 Å². The van der Waals surface area contributed by atoms with E-state index in [1.54, 1.807) is 30.5 Å². The van der Waals surface area contributed by atoms with Gasteiger partial charge in [0, 0.05) is 17.8 Å². The van der Waals surface area contributed by atoms with Crippen LogP contribution in [0.5, 0.6) is 5.88 Å². The molecule has 11 nitrogen and oxygen atoms in total. The Kier molecular flexibility index (Phi) is 7.19. The summed E-state index contributed by atoms with van der Waals surface area (Å²) in [6.07, 6.45) is 4.15. The Morgan fingerprint density at radius 2 is 1.95 bits per heavy atom. The van der Waals surface area contributed by atoms with Crippen LogP contribution in [-0.4, -0.2) is 53.2 Å². The quantitative estimate of drug-likeness (QED) is 0.298. The molecule has 13 heteroatoms. The third-order valence-electron chi connectivity index (χ3n) is 6.51. The average molecular weight is 555 g/mol. The number of aromatic nitrogens is 4. The van der Waals surface area contributed by atoms with Crippen LogP contribution in [0.15, 0.2) is 59.9 Å². The molecule has 4 aromatic rings. The molecule has 3 aromatic heterocycles. The zero-order chi connectivity index (χ0) is 27.7. The molecule has 1 amide bonds. The molecule has 1 atom stereocenters. The summed E-state index contributed by atoms with van der Waals surface area (Å²) in [4.78, 5) is 21.6. The topological polar surface area (TPSA) is 137 Å². The van der Waals surface area contributed by atoms with Gasteiger partial charge in [0.05, 0.1) is 36.5 Å². The normalized spacial score (nSPS) is 17.8. The molecule has 1 saturated carbocycles. The lowest BCUT2D eigenvalue weighted by Gasteiger charge is -2.34. The zero-order valence-electron chi connectivity index (χ0n) is 21.5. The number of carbonyl (C=O) groups is 1. The number of anilines is 1. The maximum absolute atomic E-state index is 14.8. The first kappa shape index (κ1) is 26.5. The van der Waals surface area contributed by atoms with Crippen LogP contribution >= 0.6 is 0 Å². The highest BCUT2D eigenvalue weighted by molar-refractivity contribution is 7.86. The van der Waals surface area contributed by atoms with Crippen LogP contribution in [0.4, 0.5) is 10.2 Å². The van der Waals surface area contributed by atoms with Crippen LogP contribution < -0.4 is 15.4 Å². The summed E-state index contributed by atoms with van der Waals surface area (Å²) < 4.78 is 51.6. The number of methoxy groups -OCH3 is 1. The fourth-order valence-corrected chi connectivity index (χ4v) is 5.40. The van der Waals surface area contributed by atoms with Crippen molar-refractivity contribution >= 4 is 27.5 Å². The number of rotatable bonds is 9. The van der Waals surface area contributed by atoms with Crippen molar-refractivity contribution < 1.29 is 26.5 Å². The molecule has 0 saturated heterocycles. The van der Waals surface area contributed by atoms with Crippen molar-refractivity contribution in [3.63, 3.8) is 0 Å². The van der Waals surface area contributed by atoms with Gasteiger partial charge < -0.3 is 15.4 Å². The minimum absolute atomic E-state index is 0.0612. The number of fused-ring (bicyclic) bond motifs is 1. The van der Waals surface area contributed by atoms with Crippen molar-refractivity contribution in [3.05, 3.63) is 77.5 Å². The Morgan fingerprint density at radius 3 is 2.67 bits per heavy atom. The number of benzene rings is 1. The molecule has 0 bridgehead atoms. The number of ether oxygens (including phenoxy) is 1. The Labute approximate surface area is 224 Å². The molecule has 3 heterocycles. The van der Waals surface area contributed by atoms with Crippen LogP contribution in [0.1, 0.15) is 47.3 Å². The lowest BCUT2D eigenvalue weighted by atomic mass is 9.89. The molecule has 0 aliphatic heterocycles. The number of carbonyl (C=O) groups excluding carboxylic acids is 1. The predicted molar refractivity (Wildman–Crippen MR) is 139 cm³/mol. The number of hydrogen-bond acceptors (Lipinski definition) is 9.